The summed E-state index contributed by atoms with van der Waals surface area (Å²) in [7, 11) is 0. The topological polar surface area (TPSA) is 15.3 Å². The largest absolute Gasteiger partial charge is 0.384 e. The van der Waals surface area contributed by atoms with Gasteiger partial charge >= 0.3 is 0 Å². The lowest BCUT2D eigenvalue weighted by atomic mass is 10.2. The Hall–Kier alpha value is -1.02. The zero-order valence-corrected chi connectivity index (χ0v) is 13.1. The summed E-state index contributed by atoms with van der Waals surface area (Å²) in [5.74, 6) is 0. The second kappa shape index (κ2) is 8.98. The zero-order valence-electron chi connectivity index (χ0n) is 13.1. The molecule has 0 aliphatic rings. The first-order valence-corrected chi connectivity index (χ1v) is 7.72. The zero-order chi connectivity index (χ0) is 14.1. The van der Waals surface area contributed by atoms with Gasteiger partial charge in [0, 0.05) is 24.8 Å². The summed E-state index contributed by atoms with van der Waals surface area (Å²) in [6.45, 7) is 12.4. The first kappa shape index (κ1) is 16.0. The van der Waals surface area contributed by atoms with Crippen LogP contribution in [0.1, 0.15) is 45.6 Å². The Morgan fingerprint density at radius 1 is 1.16 bits per heavy atom. The molecule has 0 aliphatic carbocycles. The van der Waals surface area contributed by atoms with Crippen LogP contribution in [0.5, 0.6) is 0 Å². The third-order valence-electron chi connectivity index (χ3n) is 3.87. The van der Waals surface area contributed by atoms with Crippen molar-refractivity contribution in [2.75, 3.05) is 25.0 Å². The smallest absolute Gasteiger partial charge is 0.0370 e. The number of unbranched alkanes of at least 4 members (excludes halogenated alkanes) is 1. The van der Waals surface area contributed by atoms with Crippen molar-refractivity contribution in [3.63, 3.8) is 0 Å². The van der Waals surface area contributed by atoms with E-state index in [4.69, 9.17) is 0 Å². The Kier molecular flexibility index (Phi) is 7.57. The van der Waals surface area contributed by atoms with Crippen molar-refractivity contribution in [2.24, 2.45) is 0 Å². The Morgan fingerprint density at radius 3 is 2.53 bits per heavy atom. The molecule has 0 radical (unpaired) electrons. The number of nitrogens with zero attached hydrogens (tertiary/aromatic N) is 1. The number of rotatable bonds is 9. The molecule has 19 heavy (non-hydrogen) atoms. The highest BCUT2D eigenvalue weighted by atomic mass is 15.2. The highest BCUT2D eigenvalue weighted by Gasteiger charge is 2.10. The maximum Gasteiger partial charge on any atom is 0.0370 e. The molecule has 2 heteroatoms. The molecule has 1 aromatic rings. The Bertz CT molecular complexity index is 349. The second-order valence-electron chi connectivity index (χ2n) is 5.39. The molecule has 0 amide bonds. The molecule has 0 aliphatic heterocycles. The fourth-order valence-corrected chi connectivity index (χ4v) is 2.28. The normalized spacial score (nSPS) is 12.7. The molecular formula is C17H30N2. The minimum absolute atomic E-state index is 0.685. The molecule has 1 rings (SSSR count). The van der Waals surface area contributed by atoms with E-state index in [0.29, 0.717) is 6.04 Å². The van der Waals surface area contributed by atoms with E-state index in [1.165, 1.54) is 37.1 Å². The average Bonchev–Trinajstić information content (AvgIpc) is 2.43. The van der Waals surface area contributed by atoms with Crippen LogP contribution in [-0.2, 0) is 0 Å². The molecule has 0 saturated heterocycles. The van der Waals surface area contributed by atoms with Gasteiger partial charge in [-0.05, 0) is 44.9 Å². The van der Waals surface area contributed by atoms with Crippen molar-refractivity contribution in [2.45, 2.75) is 53.0 Å². The lowest BCUT2D eigenvalue weighted by Crippen LogP contribution is -2.37. The molecule has 1 atom stereocenters. The molecule has 0 bridgehead atoms. The molecule has 2 nitrogen and oxygen atoms in total. The van der Waals surface area contributed by atoms with Crippen LogP contribution in [0.3, 0.4) is 0 Å². The van der Waals surface area contributed by atoms with Crippen LogP contribution in [0, 0.1) is 6.92 Å². The minimum Gasteiger partial charge on any atom is -0.384 e. The average molecular weight is 262 g/mol. The van der Waals surface area contributed by atoms with Crippen molar-refractivity contribution in [3.8, 4) is 0 Å². The molecule has 0 heterocycles. The van der Waals surface area contributed by atoms with Gasteiger partial charge in [-0.25, -0.2) is 0 Å². The van der Waals surface area contributed by atoms with Gasteiger partial charge in [-0.3, -0.25) is 4.90 Å². The molecule has 0 aromatic heterocycles. The fraction of sp³-hybridized carbons (Fsp3) is 0.647. The van der Waals surface area contributed by atoms with E-state index >= 15 is 0 Å². The molecule has 1 unspecified atom stereocenters. The van der Waals surface area contributed by atoms with Gasteiger partial charge in [0.2, 0.25) is 0 Å². The van der Waals surface area contributed by atoms with Crippen LogP contribution < -0.4 is 5.32 Å². The van der Waals surface area contributed by atoms with E-state index in [1.807, 2.05) is 0 Å². The van der Waals surface area contributed by atoms with E-state index < -0.39 is 0 Å². The van der Waals surface area contributed by atoms with Crippen LogP contribution >= 0.6 is 0 Å². The summed E-state index contributed by atoms with van der Waals surface area (Å²) in [4.78, 5) is 2.61. The molecule has 1 N–H and O–H groups in total. The van der Waals surface area contributed by atoms with Gasteiger partial charge in [-0.15, -0.1) is 0 Å². The maximum absolute atomic E-state index is 3.56. The summed E-state index contributed by atoms with van der Waals surface area (Å²) in [5, 5.41) is 3.56. The number of benzene rings is 1. The number of para-hydroxylation sites is 1. The van der Waals surface area contributed by atoms with Crippen LogP contribution in [0.4, 0.5) is 5.69 Å². The molecule has 0 saturated carbocycles. The Morgan fingerprint density at radius 2 is 1.89 bits per heavy atom. The van der Waals surface area contributed by atoms with E-state index in [-0.39, 0.29) is 0 Å². The molecule has 0 fully saturated rings. The molecule has 1 aromatic carbocycles. The maximum atomic E-state index is 3.56. The predicted molar refractivity (Wildman–Crippen MR) is 85.9 cm³/mol. The van der Waals surface area contributed by atoms with Crippen molar-refractivity contribution in [3.05, 3.63) is 29.8 Å². The predicted octanol–water partition coefficient (Wildman–Crippen LogP) is 4.31. The Balaban J connectivity index is 2.41. The van der Waals surface area contributed by atoms with E-state index in [1.54, 1.807) is 0 Å². The molecule has 108 valence electrons. The van der Waals surface area contributed by atoms with Crippen molar-refractivity contribution < 1.29 is 0 Å². The highest BCUT2D eigenvalue weighted by molar-refractivity contribution is 5.50. The standard InChI is InChI=1S/C17H30N2/c1-5-7-13-19(16(4)6-2)14-12-18-17-11-9-8-10-15(17)3/h8-11,16,18H,5-7,12-14H2,1-4H3. The fourth-order valence-electron chi connectivity index (χ4n) is 2.28. The number of anilines is 1. The highest BCUT2D eigenvalue weighted by Crippen LogP contribution is 2.13. The van der Waals surface area contributed by atoms with Gasteiger partial charge < -0.3 is 5.32 Å². The third-order valence-corrected chi connectivity index (χ3v) is 3.87. The van der Waals surface area contributed by atoms with Gasteiger partial charge in [-0.1, -0.05) is 38.5 Å². The summed E-state index contributed by atoms with van der Waals surface area (Å²) in [6.07, 6.45) is 3.81. The molecule has 0 spiro atoms. The van der Waals surface area contributed by atoms with E-state index in [2.05, 4.69) is 62.2 Å². The van der Waals surface area contributed by atoms with Crippen molar-refractivity contribution in [1.29, 1.82) is 0 Å². The van der Waals surface area contributed by atoms with Crippen LogP contribution in [0.2, 0.25) is 0 Å². The SMILES string of the molecule is CCCCN(CCNc1ccccc1C)C(C)CC. The van der Waals surface area contributed by atoms with Crippen molar-refractivity contribution >= 4 is 5.69 Å². The summed E-state index contributed by atoms with van der Waals surface area (Å²) < 4.78 is 0. The monoisotopic (exact) mass is 262 g/mol. The van der Waals surface area contributed by atoms with Crippen molar-refractivity contribution in [1.82, 2.24) is 4.90 Å². The van der Waals surface area contributed by atoms with Gasteiger partial charge in [-0.2, -0.15) is 0 Å². The van der Waals surface area contributed by atoms with E-state index in [0.717, 1.165) is 13.1 Å². The van der Waals surface area contributed by atoms with Gasteiger partial charge in [0.15, 0.2) is 0 Å². The lowest BCUT2D eigenvalue weighted by Gasteiger charge is -2.28. The quantitative estimate of drug-likeness (QED) is 0.713. The lowest BCUT2D eigenvalue weighted by molar-refractivity contribution is 0.208. The molecular weight excluding hydrogens is 232 g/mol. The third kappa shape index (κ3) is 5.65. The van der Waals surface area contributed by atoms with Gasteiger partial charge in [0.05, 0.1) is 0 Å². The van der Waals surface area contributed by atoms with E-state index in [9.17, 15) is 0 Å². The van der Waals surface area contributed by atoms with Crippen LogP contribution in [0.25, 0.3) is 0 Å². The number of aryl methyl sites for hydroxylation is 1. The summed E-state index contributed by atoms with van der Waals surface area (Å²) in [6, 6.07) is 9.19. The first-order valence-electron chi connectivity index (χ1n) is 7.72. The number of hydrogen-bond donors (Lipinski definition) is 1. The summed E-state index contributed by atoms with van der Waals surface area (Å²) >= 11 is 0. The Labute approximate surface area is 119 Å². The van der Waals surface area contributed by atoms with Gasteiger partial charge in [0.1, 0.15) is 0 Å². The van der Waals surface area contributed by atoms with Gasteiger partial charge in [0.25, 0.3) is 0 Å². The number of hydrogen-bond acceptors (Lipinski definition) is 2. The first-order chi connectivity index (χ1) is 9.19. The minimum atomic E-state index is 0.685. The van der Waals surface area contributed by atoms with Crippen LogP contribution in [0.15, 0.2) is 24.3 Å². The number of nitrogens with one attached hydrogen (secondary N) is 1. The second-order valence-corrected chi connectivity index (χ2v) is 5.39. The summed E-state index contributed by atoms with van der Waals surface area (Å²) in [5.41, 5.74) is 2.59. The van der Waals surface area contributed by atoms with Crippen LogP contribution in [-0.4, -0.2) is 30.6 Å².